The molecule has 0 saturated carbocycles. The van der Waals surface area contributed by atoms with Crippen LogP contribution in [-0.2, 0) is 6.54 Å². The van der Waals surface area contributed by atoms with Crippen molar-refractivity contribution in [3.8, 4) is 5.75 Å². The van der Waals surface area contributed by atoms with E-state index in [1.165, 1.54) is 24.3 Å². The minimum atomic E-state index is -2.88. The molecule has 0 heterocycles. The van der Waals surface area contributed by atoms with Crippen molar-refractivity contribution in [1.82, 2.24) is 5.32 Å². The highest BCUT2D eigenvalue weighted by Gasteiger charge is 2.07. The maximum absolute atomic E-state index is 12.0. The summed E-state index contributed by atoms with van der Waals surface area (Å²) in [6.45, 7) is -2.53. The molecule has 2 rings (SSSR count). The highest BCUT2D eigenvalue weighted by Crippen LogP contribution is 2.15. The van der Waals surface area contributed by atoms with Gasteiger partial charge < -0.3 is 10.1 Å². The molecule has 6 heteroatoms. The summed E-state index contributed by atoms with van der Waals surface area (Å²) >= 11 is 5.77. The Balaban J connectivity index is 1.92. The third-order valence-electron chi connectivity index (χ3n) is 2.71. The summed E-state index contributed by atoms with van der Waals surface area (Å²) in [5.41, 5.74) is 1.27. The van der Waals surface area contributed by atoms with E-state index in [2.05, 4.69) is 10.1 Å². The maximum atomic E-state index is 12.0. The van der Waals surface area contributed by atoms with Gasteiger partial charge in [0.05, 0.1) is 0 Å². The van der Waals surface area contributed by atoms with Crippen molar-refractivity contribution >= 4 is 17.5 Å². The number of hydrogen-bond acceptors (Lipinski definition) is 2. The van der Waals surface area contributed by atoms with Crippen LogP contribution in [0, 0.1) is 0 Å². The summed E-state index contributed by atoms with van der Waals surface area (Å²) in [6.07, 6.45) is 0. The van der Waals surface area contributed by atoms with Gasteiger partial charge in [-0.3, -0.25) is 4.79 Å². The molecule has 1 amide bonds. The molecule has 0 aliphatic carbocycles. The van der Waals surface area contributed by atoms with Gasteiger partial charge in [0.15, 0.2) is 0 Å². The predicted octanol–water partition coefficient (Wildman–Crippen LogP) is 3.87. The van der Waals surface area contributed by atoms with E-state index in [1.54, 1.807) is 12.1 Å². The molecule has 1 N–H and O–H groups in total. The molecule has 0 aromatic heterocycles. The van der Waals surface area contributed by atoms with Crippen molar-refractivity contribution in [3.05, 3.63) is 64.7 Å². The molecule has 0 aliphatic heterocycles. The van der Waals surface area contributed by atoms with Gasteiger partial charge in [0.1, 0.15) is 5.75 Å². The number of alkyl halides is 2. The lowest BCUT2D eigenvalue weighted by Crippen LogP contribution is -2.22. The summed E-state index contributed by atoms with van der Waals surface area (Å²) in [7, 11) is 0. The zero-order chi connectivity index (χ0) is 15.2. The third-order valence-corrected chi connectivity index (χ3v) is 2.96. The number of carbonyl (C=O) groups excluding carboxylic acids is 1. The van der Waals surface area contributed by atoms with Crippen LogP contribution in [0.25, 0.3) is 0 Å². The Morgan fingerprint density at radius 1 is 1.10 bits per heavy atom. The SMILES string of the molecule is O=C(NCc1ccc(Cl)cc1)c1ccc(OC(F)F)cc1. The average molecular weight is 312 g/mol. The Hall–Kier alpha value is -2.14. The third kappa shape index (κ3) is 4.72. The molecule has 2 aromatic carbocycles. The van der Waals surface area contributed by atoms with Gasteiger partial charge in [-0.1, -0.05) is 23.7 Å². The Morgan fingerprint density at radius 2 is 1.71 bits per heavy atom. The monoisotopic (exact) mass is 311 g/mol. The Labute approximate surface area is 125 Å². The largest absolute Gasteiger partial charge is 0.435 e. The van der Waals surface area contributed by atoms with E-state index in [0.29, 0.717) is 17.1 Å². The lowest BCUT2D eigenvalue weighted by molar-refractivity contribution is -0.0498. The van der Waals surface area contributed by atoms with Crippen molar-refractivity contribution in [2.24, 2.45) is 0 Å². The lowest BCUT2D eigenvalue weighted by Gasteiger charge is -2.07. The van der Waals surface area contributed by atoms with Crippen molar-refractivity contribution in [2.45, 2.75) is 13.2 Å². The fourth-order valence-electron chi connectivity index (χ4n) is 1.67. The van der Waals surface area contributed by atoms with Crippen molar-refractivity contribution in [1.29, 1.82) is 0 Å². The van der Waals surface area contributed by atoms with E-state index in [1.807, 2.05) is 12.1 Å². The van der Waals surface area contributed by atoms with Crippen LogP contribution in [0.5, 0.6) is 5.75 Å². The van der Waals surface area contributed by atoms with E-state index in [0.717, 1.165) is 5.56 Å². The fraction of sp³-hybridized carbons (Fsp3) is 0.133. The standard InChI is InChI=1S/C15H12ClF2NO2/c16-12-5-1-10(2-6-12)9-19-14(20)11-3-7-13(8-4-11)21-15(17)18/h1-8,15H,9H2,(H,19,20). The zero-order valence-electron chi connectivity index (χ0n) is 10.9. The Morgan fingerprint density at radius 3 is 2.29 bits per heavy atom. The van der Waals surface area contributed by atoms with Crippen LogP contribution in [0.1, 0.15) is 15.9 Å². The molecule has 0 bridgehead atoms. The zero-order valence-corrected chi connectivity index (χ0v) is 11.6. The molecule has 110 valence electrons. The smallest absolute Gasteiger partial charge is 0.387 e. The van der Waals surface area contributed by atoms with Crippen LogP contribution in [0.2, 0.25) is 5.02 Å². The van der Waals surface area contributed by atoms with Crippen LogP contribution < -0.4 is 10.1 Å². The van der Waals surface area contributed by atoms with E-state index >= 15 is 0 Å². The van der Waals surface area contributed by atoms with E-state index in [-0.39, 0.29) is 11.7 Å². The van der Waals surface area contributed by atoms with Crippen LogP contribution in [0.15, 0.2) is 48.5 Å². The highest BCUT2D eigenvalue weighted by atomic mass is 35.5. The van der Waals surface area contributed by atoms with Crippen LogP contribution in [0.4, 0.5) is 8.78 Å². The molecule has 0 radical (unpaired) electrons. The normalized spacial score (nSPS) is 10.5. The molecule has 21 heavy (non-hydrogen) atoms. The van der Waals surface area contributed by atoms with Gasteiger partial charge in [-0.2, -0.15) is 8.78 Å². The summed E-state index contributed by atoms with van der Waals surface area (Å²) in [4.78, 5) is 11.9. The second kappa shape index (κ2) is 7.04. The summed E-state index contributed by atoms with van der Waals surface area (Å²) in [5, 5.41) is 3.35. The van der Waals surface area contributed by atoms with Crippen molar-refractivity contribution < 1.29 is 18.3 Å². The van der Waals surface area contributed by atoms with Crippen LogP contribution in [0.3, 0.4) is 0 Å². The van der Waals surface area contributed by atoms with Crippen LogP contribution in [-0.4, -0.2) is 12.5 Å². The fourth-order valence-corrected chi connectivity index (χ4v) is 1.80. The number of ether oxygens (including phenoxy) is 1. The second-order valence-corrected chi connectivity index (χ2v) is 4.65. The first kappa shape index (κ1) is 15.3. The van der Waals surface area contributed by atoms with E-state index in [9.17, 15) is 13.6 Å². The number of halogens is 3. The molecule has 3 nitrogen and oxygen atoms in total. The van der Waals surface area contributed by atoms with Gasteiger partial charge in [-0.15, -0.1) is 0 Å². The maximum Gasteiger partial charge on any atom is 0.387 e. The number of benzene rings is 2. The highest BCUT2D eigenvalue weighted by molar-refractivity contribution is 6.30. The molecule has 0 spiro atoms. The second-order valence-electron chi connectivity index (χ2n) is 4.21. The molecular weight excluding hydrogens is 300 g/mol. The topological polar surface area (TPSA) is 38.3 Å². The first-order valence-corrected chi connectivity index (χ1v) is 6.50. The van der Waals surface area contributed by atoms with Crippen LogP contribution >= 0.6 is 11.6 Å². The number of hydrogen-bond donors (Lipinski definition) is 1. The molecule has 0 unspecified atom stereocenters. The number of nitrogens with one attached hydrogen (secondary N) is 1. The number of rotatable bonds is 5. The van der Waals surface area contributed by atoms with Gasteiger partial charge in [0.25, 0.3) is 5.91 Å². The molecule has 0 saturated heterocycles. The van der Waals surface area contributed by atoms with E-state index in [4.69, 9.17) is 11.6 Å². The first-order chi connectivity index (χ1) is 10.0. The Kier molecular flexibility index (Phi) is 5.11. The Bertz CT molecular complexity index is 600. The minimum Gasteiger partial charge on any atom is -0.435 e. The van der Waals surface area contributed by atoms with Gasteiger partial charge >= 0.3 is 6.61 Å². The van der Waals surface area contributed by atoms with Gasteiger partial charge in [0.2, 0.25) is 0 Å². The minimum absolute atomic E-state index is 0.0132. The lowest BCUT2D eigenvalue weighted by atomic mass is 10.2. The summed E-state index contributed by atoms with van der Waals surface area (Å²) in [6, 6.07) is 12.6. The first-order valence-electron chi connectivity index (χ1n) is 6.12. The number of carbonyl (C=O) groups is 1. The van der Waals surface area contributed by atoms with Gasteiger partial charge in [-0.05, 0) is 42.0 Å². The van der Waals surface area contributed by atoms with E-state index < -0.39 is 6.61 Å². The molecule has 0 aliphatic rings. The van der Waals surface area contributed by atoms with Gasteiger partial charge in [0, 0.05) is 17.1 Å². The van der Waals surface area contributed by atoms with Gasteiger partial charge in [-0.25, -0.2) is 0 Å². The summed E-state index contributed by atoms with van der Waals surface area (Å²) in [5.74, 6) is -0.284. The van der Waals surface area contributed by atoms with Crippen molar-refractivity contribution in [2.75, 3.05) is 0 Å². The number of amides is 1. The average Bonchev–Trinajstić information content (AvgIpc) is 2.46. The molecular formula is C15H12ClF2NO2. The molecule has 2 aromatic rings. The quantitative estimate of drug-likeness (QED) is 0.910. The molecule has 0 atom stereocenters. The summed E-state index contributed by atoms with van der Waals surface area (Å²) < 4.78 is 28.2. The molecule has 0 fully saturated rings. The predicted molar refractivity (Wildman–Crippen MR) is 75.7 cm³/mol. The van der Waals surface area contributed by atoms with Crippen molar-refractivity contribution in [3.63, 3.8) is 0 Å².